The second kappa shape index (κ2) is 24.6. The van der Waals surface area contributed by atoms with E-state index in [0.717, 1.165) is 0 Å². The summed E-state index contributed by atoms with van der Waals surface area (Å²) in [6, 6.07) is 35.3. The molecule has 0 fully saturated rings. The smallest absolute Gasteiger partial charge is 0.0902 e. The predicted molar refractivity (Wildman–Crippen MR) is 149 cm³/mol. The van der Waals surface area contributed by atoms with Gasteiger partial charge in [0.15, 0.2) is 0 Å². The van der Waals surface area contributed by atoms with E-state index in [9.17, 15) is 0 Å². The number of nitrogens with one attached hydrogen (secondary N) is 1. The van der Waals surface area contributed by atoms with Crippen molar-refractivity contribution in [2.45, 2.75) is 0 Å². The van der Waals surface area contributed by atoms with Gasteiger partial charge in [-0.1, -0.05) is 85.5 Å². The van der Waals surface area contributed by atoms with Gasteiger partial charge in [0, 0.05) is 49.6 Å². The monoisotopic (exact) mass is 476 g/mol. The number of H-pyrrole nitrogens is 1. The lowest BCUT2D eigenvalue weighted by Crippen LogP contribution is -1.66. The summed E-state index contributed by atoms with van der Waals surface area (Å²) >= 11 is 0. The average Bonchev–Trinajstić information content (AvgIpc) is 3.78. The highest BCUT2D eigenvalue weighted by Crippen LogP contribution is 1.97. The minimum atomic E-state index is 1.17. The molecule has 5 nitrogen and oxygen atoms in total. The maximum absolute atomic E-state index is 4.58. The van der Waals surface area contributed by atoms with Crippen LogP contribution >= 0.6 is 0 Å². The van der Waals surface area contributed by atoms with E-state index in [0.29, 0.717) is 0 Å². The molecule has 0 aliphatic rings. The number of nitrogens with zero attached hydrogens (tertiary/aromatic N) is 3. The van der Waals surface area contributed by atoms with Gasteiger partial charge in [0.1, 0.15) is 0 Å². The van der Waals surface area contributed by atoms with E-state index < -0.39 is 0 Å². The fourth-order valence-corrected chi connectivity index (χ4v) is 2.04. The van der Waals surface area contributed by atoms with Gasteiger partial charge < -0.3 is 9.40 Å². The Morgan fingerprint density at radius 1 is 0.500 bits per heavy atom. The summed E-state index contributed by atoms with van der Waals surface area (Å²) < 4.78 is 4.58. The molecule has 2 aromatic carbocycles. The molecule has 4 aromatic heterocycles. The molecule has 0 saturated heterocycles. The summed E-state index contributed by atoms with van der Waals surface area (Å²) in [5, 5.41) is 0. The maximum atomic E-state index is 4.58. The molecular formula is C31H32N4O. The second-order valence-electron chi connectivity index (χ2n) is 6.37. The maximum Gasteiger partial charge on any atom is 0.0902 e. The van der Waals surface area contributed by atoms with Crippen LogP contribution in [0.5, 0.6) is 0 Å². The Labute approximate surface area is 213 Å². The fraction of sp³-hybridized carbons (Fsp3) is 0. The first-order valence-corrected chi connectivity index (χ1v) is 11.2. The van der Waals surface area contributed by atoms with Gasteiger partial charge in [0.25, 0.3) is 0 Å². The Hall–Kier alpha value is -5.03. The van der Waals surface area contributed by atoms with Crippen LogP contribution in [0.1, 0.15) is 5.56 Å². The molecule has 6 aromatic rings. The molecule has 0 unspecified atom stereocenters. The summed E-state index contributed by atoms with van der Waals surface area (Å²) in [5.74, 6) is 0. The van der Waals surface area contributed by atoms with Crippen molar-refractivity contribution in [3.8, 4) is 0 Å². The highest BCUT2D eigenvalue weighted by Gasteiger charge is 1.75. The molecular weight excluding hydrogens is 444 g/mol. The number of pyridine rings is 1. The van der Waals surface area contributed by atoms with Crippen LogP contribution in [-0.2, 0) is 0 Å². The van der Waals surface area contributed by atoms with Crippen molar-refractivity contribution in [2.75, 3.05) is 0 Å². The van der Waals surface area contributed by atoms with Gasteiger partial charge in [0.05, 0.1) is 12.5 Å². The van der Waals surface area contributed by atoms with E-state index >= 15 is 0 Å². The van der Waals surface area contributed by atoms with Crippen LogP contribution in [-0.4, -0.2) is 19.9 Å². The van der Waals surface area contributed by atoms with Gasteiger partial charge in [-0.3, -0.25) is 15.0 Å². The van der Waals surface area contributed by atoms with Crippen molar-refractivity contribution < 1.29 is 4.42 Å². The van der Waals surface area contributed by atoms with Gasteiger partial charge in [-0.15, -0.1) is 0 Å². The summed E-state index contributed by atoms with van der Waals surface area (Å²) in [6.07, 6.45) is 18.9. The lowest BCUT2D eigenvalue weighted by molar-refractivity contribution is 0.567. The van der Waals surface area contributed by atoms with Crippen LogP contribution in [0.2, 0.25) is 0 Å². The van der Waals surface area contributed by atoms with Crippen molar-refractivity contribution in [2.24, 2.45) is 0 Å². The molecule has 0 atom stereocenters. The Kier molecular flexibility index (Phi) is 19.8. The van der Waals surface area contributed by atoms with Gasteiger partial charge in [-0.2, -0.15) is 0 Å². The van der Waals surface area contributed by atoms with Crippen LogP contribution in [0, 0.1) is 0 Å². The number of hydrogen-bond donors (Lipinski definition) is 1. The van der Waals surface area contributed by atoms with E-state index in [4.69, 9.17) is 0 Å². The highest BCUT2D eigenvalue weighted by molar-refractivity contribution is 5.45. The Morgan fingerprint density at radius 2 is 0.917 bits per heavy atom. The number of hydrogen-bond acceptors (Lipinski definition) is 4. The van der Waals surface area contributed by atoms with E-state index in [1.54, 1.807) is 49.7 Å². The molecule has 0 amide bonds. The average molecular weight is 477 g/mol. The van der Waals surface area contributed by atoms with Crippen molar-refractivity contribution in [1.29, 1.82) is 0 Å². The topological polar surface area (TPSA) is 67.6 Å². The predicted octanol–water partition coefficient (Wildman–Crippen LogP) is 7.87. The number of furan rings is 1. The summed E-state index contributed by atoms with van der Waals surface area (Å²) in [4.78, 5) is 14.1. The molecule has 0 bridgehead atoms. The fourth-order valence-electron chi connectivity index (χ4n) is 2.04. The minimum absolute atomic E-state index is 1.17. The summed E-state index contributed by atoms with van der Waals surface area (Å²) in [7, 11) is 0. The molecule has 1 N–H and O–H groups in total. The molecule has 0 spiro atoms. The van der Waals surface area contributed by atoms with Gasteiger partial charge in [0.2, 0.25) is 0 Å². The second-order valence-corrected chi connectivity index (χ2v) is 6.37. The zero-order valence-electron chi connectivity index (χ0n) is 20.2. The van der Waals surface area contributed by atoms with Crippen molar-refractivity contribution >= 4 is 6.08 Å². The first-order chi connectivity index (χ1) is 17.9. The molecule has 0 aliphatic carbocycles. The van der Waals surface area contributed by atoms with Crippen molar-refractivity contribution in [3.63, 3.8) is 0 Å². The highest BCUT2D eigenvalue weighted by atomic mass is 16.3. The van der Waals surface area contributed by atoms with E-state index in [-0.39, 0.29) is 0 Å². The Bertz CT molecular complexity index is 903. The molecule has 5 heteroatoms. The molecule has 0 aliphatic heterocycles. The molecule has 36 heavy (non-hydrogen) atoms. The first-order valence-electron chi connectivity index (χ1n) is 11.2. The molecule has 182 valence electrons. The number of aromatic nitrogens is 4. The standard InChI is InChI=1S/C8H8.C6H6.C5H5N.C4H4N2.C4H5N.C4H4O/c1-2-8-6-4-3-5-7-8;2*1-2-4-6-5-3-1;1-2-6-4-3-5-1;2*1-2-4-5-3-1/h2-7H,1H2;1-6H;1-5H;1-4H;1-5H;1-4H. The third kappa shape index (κ3) is 20.8. The third-order valence-corrected chi connectivity index (χ3v) is 3.67. The first kappa shape index (κ1) is 29.0. The van der Waals surface area contributed by atoms with Crippen LogP contribution in [0.4, 0.5) is 0 Å². The van der Waals surface area contributed by atoms with Crippen LogP contribution < -0.4 is 0 Å². The molecule has 0 radical (unpaired) electrons. The number of aromatic amines is 1. The van der Waals surface area contributed by atoms with Gasteiger partial charge in [-0.05, 0) is 42.0 Å². The van der Waals surface area contributed by atoms with Crippen LogP contribution in [0.25, 0.3) is 6.08 Å². The number of benzene rings is 2. The zero-order valence-corrected chi connectivity index (χ0v) is 20.2. The normalized spacial score (nSPS) is 8.11. The van der Waals surface area contributed by atoms with E-state index in [1.165, 1.54) is 5.56 Å². The zero-order chi connectivity index (χ0) is 25.6. The molecule has 4 heterocycles. The lowest BCUT2D eigenvalue weighted by atomic mass is 10.2. The van der Waals surface area contributed by atoms with Crippen molar-refractivity contribution in [3.05, 3.63) is 183 Å². The van der Waals surface area contributed by atoms with Gasteiger partial charge >= 0.3 is 0 Å². The largest absolute Gasteiger partial charge is 0.473 e. The van der Waals surface area contributed by atoms with Crippen molar-refractivity contribution in [1.82, 2.24) is 19.9 Å². The molecule has 6 rings (SSSR count). The minimum Gasteiger partial charge on any atom is -0.473 e. The Balaban J connectivity index is 0.000000217. The number of rotatable bonds is 1. The lowest BCUT2D eigenvalue weighted by Gasteiger charge is -1.85. The van der Waals surface area contributed by atoms with E-state index in [2.05, 4.69) is 30.9 Å². The quantitative estimate of drug-likeness (QED) is 0.262. The summed E-state index contributed by atoms with van der Waals surface area (Å²) in [5.41, 5.74) is 1.17. The van der Waals surface area contributed by atoms with Gasteiger partial charge in [-0.25, -0.2) is 0 Å². The third-order valence-electron chi connectivity index (χ3n) is 3.67. The molecule has 0 saturated carbocycles. The van der Waals surface area contributed by atoms with Crippen LogP contribution in [0.3, 0.4) is 0 Å². The SMILES string of the molecule is C=Cc1ccccc1.c1cc[nH]c1.c1ccccc1.c1ccncc1.c1ccoc1.c1cnccn1. The Morgan fingerprint density at radius 3 is 1.14 bits per heavy atom. The van der Waals surface area contributed by atoms with E-state index in [1.807, 2.05) is 128 Å². The van der Waals surface area contributed by atoms with Crippen LogP contribution in [0.15, 0.2) is 182 Å². The summed E-state index contributed by atoms with van der Waals surface area (Å²) in [6.45, 7) is 3.63.